The fourth-order valence-electron chi connectivity index (χ4n) is 2.60. The van der Waals surface area contributed by atoms with Gasteiger partial charge < -0.3 is 5.32 Å². The van der Waals surface area contributed by atoms with Gasteiger partial charge >= 0.3 is 0 Å². The summed E-state index contributed by atoms with van der Waals surface area (Å²) in [5.41, 5.74) is -0.639. The van der Waals surface area contributed by atoms with Gasteiger partial charge in [-0.1, -0.05) is 30.7 Å². The van der Waals surface area contributed by atoms with Crippen LogP contribution in [0.15, 0.2) is 42.5 Å². The average molecular weight is 430 g/mol. The van der Waals surface area contributed by atoms with E-state index in [0.717, 1.165) is 24.5 Å². The number of carbonyl (C=O) groups excluding carboxylic acids is 1. The summed E-state index contributed by atoms with van der Waals surface area (Å²) in [5, 5.41) is 13.4. The minimum atomic E-state index is -4.03. The topological polar surface area (TPSA) is 110 Å². The van der Waals surface area contributed by atoms with Crippen molar-refractivity contribution in [3.05, 3.63) is 63.4 Å². The van der Waals surface area contributed by atoms with E-state index in [4.69, 9.17) is 11.6 Å². The molecule has 1 N–H and O–H groups in total. The normalized spacial score (nSPS) is 12.3. The zero-order valence-corrected chi connectivity index (χ0v) is 16.5. The number of anilines is 2. The first-order valence-corrected chi connectivity index (χ1v) is 10.3. The van der Waals surface area contributed by atoms with Gasteiger partial charge in [0.15, 0.2) is 0 Å². The van der Waals surface area contributed by atoms with Crippen LogP contribution in [0.1, 0.15) is 13.3 Å². The lowest BCUT2D eigenvalue weighted by molar-refractivity contribution is -0.384. The third kappa shape index (κ3) is 4.76. The smallest absolute Gasteiger partial charge is 0.271 e. The predicted molar refractivity (Wildman–Crippen MR) is 105 cm³/mol. The molecule has 0 saturated heterocycles. The van der Waals surface area contributed by atoms with E-state index in [1.165, 1.54) is 24.3 Å². The second-order valence-corrected chi connectivity index (χ2v) is 8.11. The maximum atomic E-state index is 14.2. The molecule has 8 nitrogen and oxygen atoms in total. The Balaban J connectivity index is 2.45. The largest absolute Gasteiger partial charge is 0.323 e. The Morgan fingerprint density at radius 2 is 1.96 bits per heavy atom. The number of hydrogen-bond donors (Lipinski definition) is 1. The highest BCUT2D eigenvalue weighted by Crippen LogP contribution is 2.29. The van der Waals surface area contributed by atoms with Crippen molar-refractivity contribution in [2.45, 2.75) is 19.4 Å². The van der Waals surface area contributed by atoms with Crippen LogP contribution in [0.4, 0.5) is 21.5 Å². The minimum absolute atomic E-state index is 0.0137. The van der Waals surface area contributed by atoms with Gasteiger partial charge in [0.1, 0.15) is 11.9 Å². The van der Waals surface area contributed by atoms with Crippen LogP contribution < -0.4 is 9.62 Å². The Morgan fingerprint density at radius 3 is 2.50 bits per heavy atom. The molecule has 0 spiro atoms. The number of para-hydroxylation sites is 1. The number of carbonyl (C=O) groups is 1. The molecule has 1 atom stereocenters. The molecular weight excluding hydrogens is 413 g/mol. The van der Waals surface area contributed by atoms with Crippen molar-refractivity contribution in [1.29, 1.82) is 0 Å². The van der Waals surface area contributed by atoms with Crippen LogP contribution in [0.25, 0.3) is 0 Å². The van der Waals surface area contributed by atoms with E-state index in [2.05, 4.69) is 5.32 Å². The van der Waals surface area contributed by atoms with Crippen molar-refractivity contribution in [2.24, 2.45) is 0 Å². The van der Waals surface area contributed by atoms with Crippen molar-refractivity contribution in [1.82, 2.24) is 0 Å². The van der Waals surface area contributed by atoms with Crippen molar-refractivity contribution in [3.63, 3.8) is 0 Å². The highest BCUT2D eigenvalue weighted by molar-refractivity contribution is 7.92. The van der Waals surface area contributed by atoms with E-state index in [0.29, 0.717) is 4.31 Å². The number of nitrogens with one attached hydrogen (secondary N) is 1. The van der Waals surface area contributed by atoms with Gasteiger partial charge in [-0.05, 0) is 24.6 Å². The highest BCUT2D eigenvalue weighted by atomic mass is 35.5. The van der Waals surface area contributed by atoms with Crippen LogP contribution in [0.5, 0.6) is 0 Å². The van der Waals surface area contributed by atoms with Gasteiger partial charge in [-0.3, -0.25) is 19.2 Å². The van der Waals surface area contributed by atoms with E-state index < -0.39 is 32.7 Å². The molecule has 0 aromatic heterocycles. The van der Waals surface area contributed by atoms with Crippen LogP contribution in [0.2, 0.25) is 5.02 Å². The first-order valence-electron chi connectivity index (χ1n) is 8.05. The van der Waals surface area contributed by atoms with E-state index in [9.17, 15) is 27.7 Å². The molecule has 0 saturated carbocycles. The monoisotopic (exact) mass is 429 g/mol. The molecule has 1 amide bonds. The van der Waals surface area contributed by atoms with Gasteiger partial charge in [-0.15, -0.1) is 0 Å². The number of nitrogens with zero attached hydrogens (tertiary/aromatic N) is 2. The van der Waals surface area contributed by atoms with E-state index >= 15 is 0 Å². The third-order valence-electron chi connectivity index (χ3n) is 3.84. The molecular formula is C17H17ClFN3O5S. The fourth-order valence-corrected chi connectivity index (χ4v) is 3.98. The van der Waals surface area contributed by atoms with Crippen molar-refractivity contribution >= 4 is 44.6 Å². The summed E-state index contributed by atoms with van der Waals surface area (Å²) >= 11 is 5.98. The van der Waals surface area contributed by atoms with Crippen molar-refractivity contribution in [2.75, 3.05) is 15.9 Å². The van der Waals surface area contributed by atoms with E-state index in [-0.39, 0.29) is 28.5 Å². The Bertz CT molecular complexity index is 1020. The zero-order valence-electron chi connectivity index (χ0n) is 14.9. The molecule has 150 valence electrons. The van der Waals surface area contributed by atoms with Gasteiger partial charge in [-0.25, -0.2) is 12.8 Å². The maximum Gasteiger partial charge on any atom is 0.271 e. The van der Waals surface area contributed by atoms with Gasteiger partial charge in [0.2, 0.25) is 15.9 Å². The number of halogens is 2. The number of rotatable bonds is 7. The second-order valence-electron chi connectivity index (χ2n) is 5.84. The summed E-state index contributed by atoms with van der Waals surface area (Å²) in [6.45, 7) is 1.55. The number of nitro benzene ring substituents is 1. The number of non-ortho nitro benzene ring substituents is 1. The van der Waals surface area contributed by atoms with Crippen LogP contribution in [-0.2, 0) is 14.8 Å². The standard InChI is InChI=1S/C17H17ClFN3O5S/c1-3-15(21(28(2,26)27)16-7-5-4-6-13(16)19)17(23)20-14-10-11(22(24)25)8-9-12(14)18/h4-10,15H,3H2,1-2H3,(H,20,23)/t15-/m1/s1. The van der Waals surface area contributed by atoms with Crippen molar-refractivity contribution < 1.29 is 22.5 Å². The van der Waals surface area contributed by atoms with Crippen LogP contribution >= 0.6 is 11.6 Å². The number of hydrogen-bond acceptors (Lipinski definition) is 5. The molecule has 2 rings (SSSR count). The lowest BCUT2D eigenvalue weighted by Crippen LogP contribution is -2.47. The molecule has 0 radical (unpaired) electrons. The van der Waals surface area contributed by atoms with Crippen molar-refractivity contribution in [3.8, 4) is 0 Å². The summed E-state index contributed by atoms with van der Waals surface area (Å²) in [6.07, 6.45) is 0.871. The minimum Gasteiger partial charge on any atom is -0.323 e. The Morgan fingerprint density at radius 1 is 1.32 bits per heavy atom. The van der Waals surface area contributed by atoms with E-state index in [1.54, 1.807) is 6.92 Å². The Labute approximate surface area is 166 Å². The highest BCUT2D eigenvalue weighted by Gasteiger charge is 2.33. The summed E-state index contributed by atoms with van der Waals surface area (Å²) < 4.78 is 39.5. The molecule has 28 heavy (non-hydrogen) atoms. The molecule has 11 heteroatoms. The predicted octanol–water partition coefficient (Wildman–Crippen LogP) is 3.57. The summed E-state index contributed by atoms with van der Waals surface area (Å²) in [6, 6.07) is 7.31. The Kier molecular flexibility index (Phi) is 6.57. The molecule has 0 unspecified atom stereocenters. The number of benzene rings is 2. The molecule has 0 fully saturated rings. The van der Waals surface area contributed by atoms with Gasteiger partial charge in [0, 0.05) is 12.1 Å². The molecule has 0 aliphatic heterocycles. The van der Waals surface area contributed by atoms with Gasteiger partial charge in [0.05, 0.1) is 27.6 Å². The van der Waals surface area contributed by atoms with Crippen LogP contribution in [0, 0.1) is 15.9 Å². The molecule has 0 bridgehead atoms. The zero-order chi connectivity index (χ0) is 21.1. The summed E-state index contributed by atoms with van der Waals surface area (Å²) in [7, 11) is -4.03. The number of nitro groups is 1. The fraction of sp³-hybridized carbons (Fsp3) is 0.235. The quantitative estimate of drug-likeness (QED) is 0.534. The van der Waals surface area contributed by atoms with Crippen LogP contribution in [-0.4, -0.2) is 31.5 Å². The average Bonchev–Trinajstić information content (AvgIpc) is 2.61. The van der Waals surface area contributed by atoms with E-state index in [1.807, 2.05) is 0 Å². The SMILES string of the molecule is CC[C@H](C(=O)Nc1cc([N+](=O)[O-])ccc1Cl)N(c1ccccc1F)S(C)(=O)=O. The lowest BCUT2D eigenvalue weighted by atomic mass is 10.1. The summed E-state index contributed by atoms with van der Waals surface area (Å²) in [5.74, 6) is -1.62. The number of sulfonamides is 1. The Hall–Kier alpha value is -2.72. The third-order valence-corrected chi connectivity index (χ3v) is 5.33. The van der Waals surface area contributed by atoms with Crippen LogP contribution in [0.3, 0.4) is 0 Å². The molecule has 0 aliphatic carbocycles. The number of amides is 1. The summed E-state index contributed by atoms with van der Waals surface area (Å²) in [4.78, 5) is 23.0. The second kappa shape index (κ2) is 8.53. The first kappa shape index (κ1) is 21.6. The van der Waals surface area contributed by atoms with Gasteiger partial charge in [0.25, 0.3) is 5.69 Å². The molecule has 2 aromatic rings. The maximum absolute atomic E-state index is 14.2. The first-order chi connectivity index (χ1) is 13.1. The molecule has 0 heterocycles. The lowest BCUT2D eigenvalue weighted by Gasteiger charge is -2.30. The van der Waals surface area contributed by atoms with Gasteiger partial charge in [-0.2, -0.15) is 0 Å². The molecule has 2 aromatic carbocycles. The molecule has 0 aliphatic rings.